The number of rotatable bonds is 5. The standard InChI is InChI=1S/C15H18N2O/c1-18-15-10-6-5-9-14(15)17-11-13(16)12-7-3-2-4-8-12/h2-10,13,17H,11,16H2,1H3/t13-/m1/s1. The summed E-state index contributed by atoms with van der Waals surface area (Å²) >= 11 is 0. The molecule has 0 aromatic heterocycles. The lowest BCUT2D eigenvalue weighted by molar-refractivity contribution is 0.416. The molecule has 0 saturated heterocycles. The summed E-state index contributed by atoms with van der Waals surface area (Å²) in [7, 11) is 1.66. The lowest BCUT2D eigenvalue weighted by Gasteiger charge is -2.15. The zero-order valence-electron chi connectivity index (χ0n) is 10.5. The molecule has 1 atom stereocenters. The summed E-state index contributed by atoms with van der Waals surface area (Å²) in [5, 5.41) is 3.31. The van der Waals surface area contributed by atoms with E-state index in [0.717, 1.165) is 17.0 Å². The number of nitrogens with two attached hydrogens (primary N) is 1. The lowest BCUT2D eigenvalue weighted by atomic mass is 10.1. The van der Waals surface area contributed by atoms with Gasteiger partial charge in [0.1, 0.15) is 5.75 Å². The zero-order valence-corrected chi connectivity index (χ0v) is 10.5. The number of hydrogen-bond acceptors (Lipinski definition) is 3. The molecule has 0 aliphatic heterocycles. The summed E-state index contributed by atoms with van der Waals surface area (Å²) in [5.41, 5.74) is 8.22. The summed E-state index contributed by atoms with van der Waals surface area (Å²) in [6.45, 7) is 0.671. The molecule has 0 aliphatic carbocycles. The average Bonchev–Trinajstić information content (AvgIpc) is 2.46. The molecule has 2 aromatic carbocycles. The second-order valence-corrected chi connectivity index (χ2v) is 4.10. The molecule has 0 bridgehead atoms. The molecule has 94 valence electrons. The third kappa shape index (κ3) is 3.02. The van der Waals surface area contributed by atoms with Crippen molar-refractivity contribution in [3.05, 3.63) is 60.2 Å². The van der Waals surface area contributed by atoms with Crippen molar-refractivity contribution in [3.63, 3.8) is 0 Å². The Morgan fingerprint density at radius 2 is 1.72 bits per heavy atom. The Labute approximate surface area is 108 Å². The first-order valence-corrected chi connectivity index (χ1v) is 5.98. The van der Waals surface area contributed by atoms with Gasteiger partial charge in [-0.3, -0.25) is 0 Å². The highest BCUT2D eigenvalue weighted by Gasteiger charge is 2.06. The Morgan fingerprint density at radius 1 is 1.06 bits per heavy atom. The number of benzene rings is 2. The summed E-state index contributed by atoms with van der Waals surface area (Å²) in [5.74, 6) is 0.831. The molecule has 0 fully saturated rings. The third-order valence-corrected chi connectivity index (χ3v) is 2.85. The molecule has 2 aromatic rings. The highest BCUT2D eigenvalue weighted by atomic mass is 16.5. The van der Waals surface area contributed by atoms with E-state index in [9.17, 15) is 0 Å². The van der Waals surface area contributed by atoms with Crippen LogP contribution in [0.1, 0.15) is 11.6 Å². The maximum atomic E-state index is 6.13. The monoisotopic (exact) mass is 242 g/mol. The molecule has 0 spiro atoms. The molecule has 2 rings (SSSR count). The van der Waals surface area contributed by atoms with Crippen LogP contribution in [0.5, 0.6) is 5.75 Å². The third-order valence-electron chi connectivity index (χ3n) is 2.85. The van der Waals surface area contributed by atoms with E-state index >= 15 is 0 Å². The van der Waals surface area contributed by atoms with Gasteiger partial charge in [0.05, 0.1) is 12.8 Å². The maximum Gasteiger partial charge on any atom is 0.141 e. The maximum absolute atomic E-state index is 6.13. The van der Waals surface area contributed by atoms with Gasteiger partial charge >= 0.3 is 0 Å². The highest BCUT2D eigenvalue weighted by molar-refractivity contribution is 5.56. The summed E-state index contributed by atoms with van der Waals surface area (Å²) in [6, 6.07) is 17.9. The van der Waals surface area contributed by atoms with E-state index in [1.54, 1.807) is 7.11 Å². The largest absolute Gasteiger partial charge is 0.495 e. The normalized spacial score (nSPS) is 11.9. The number of ether oxygens (including phenoxy) is 1. The van der Waals surface area contributed by atoms with Crippen LogP contribution < -0.4 is 15.8 Å². The lowest BCUT2D eigenvalue weighted by Crippen LogP contribution is -2.20. The molecule has 3 heteroatoms. The van der Waals surface area contributed by atoms with Crippen LogP contribution >= 0.6 is 0 Å². The second kappa shape index (κ2) is 6.07. The van der Waals surface area contributed by atoms with Gasteiger partial charge < -0.3 is 15.8 Å². The van der Waals surface area contributed by atoms with Crippen LogP contribution in [0.3, 0.4) is 0 Å². The fraction of sp³-hybridized carbons (Fsp3) is 0.200. The van der Waals surface area contributed by atoms with Crippen molar-refractivity contribution in [1.29, 1.82) is 0 Å². The predicted molar refractivity (Wildman–Crippen MR) is 74.9 cm³/mol. The summed E-state index contributed by atoms with van der Waals surface area (Å²) < 4.78 is 5.28. The molecule has 3 nitrogen and oxygen atoms in total. The molecule has 18 heavy (non-hydrogen) atoms. The first-order valence-electron chi connectivity index (χ1n) is 5.98. The molecule has 0 radical (unpaired) electrons. The van der Waals surface area contributed by atoms with Crippen molar-refractivity contribution in [2.24, 2.45) is 5.73 Å². The Kier molecular flexibility index (Phi) is 4.20. The van der Waals surface area contributed by atoms with E-state index in [0.29, 0.717) is 6.54 Å². The van der Waals surface area contributed by atoms with Gasteiger partial charge in [-0.25, -0.2) is 0 Å². The van der Waals surface area contributed by atoms with Crippen molar-refractivity contribution in [1.82, 2.24) is 0 Å². The van der Waals surface area contributed by atoms with Gasteiger partial charge in [-0.05, 0) is 17.7 Å². The van der Waals surface area contributed by atoms with Crippen LogP contribution in [0.2, 0.25) is 0 Å². The summed E-state index contributed by atoms with van der Waals surface area (Å²) in [6.07, 6.45) is 0. The van der Waals surface area contributed by atoms with Crippen LogP contribution in [0.4, 0.5) is 5.69 Å². The van der Waals surface area contributed by atoms with Gasteiger partial charge in [0.25, 0.3) is 0 Å². The van der Waals surface area contributed by atoms with E-state index in [2.05, 4.69) is 5.32 Å². The van der Waals surface area contributed by atoms with Gasteiger partial charge in [-0.15, -0.1) is 0 Å². The Balaban J connectivity index is 1.99. The number of nitrogens with one attached hydrogen (secondary N) is 1. The number of methoxy groups -OCH3 is 1. The summed E-state index contributed by atoms with van der Waals surface area (Å²) in [4.78, 5) is 0. The highest BCUT2D eigenvalue weighted by Crippen LogP contribution is 2.23. The van der Waals surface area contributed by atoms with Gasteiger partial charge in [-0.1, -0.05) is 42.5 Å². The fourth-order valence-electron chi connectivity index (χ4n) is 1.83. The minimum absolute atomic E-state index is 0.0314. The van der Waals surface area contributed by atoms with E-state index in [1.807, 2.05) is 54.6 Å². The first kappa shape index (κ1) is 12.5. The first-order chi connectivity index (χ1) is 8.81. The van der Waals surface area contributed by atoms with Crippen LogP contribution in [-0.4, -0.2) is 13.7 Å². The average molecular weight is 242 g/mol. The molecule has 0 heterocycles. The van der Waals surface area contributed by atoms with E-state index in [4.69, 9.17) is 10.5 Å². The molecule has 0 amide bonds. The van der Waals surface area contributed by atoms with Crippen molar-refractivity contribution in [2.75, 3.05) is 19.0 Å². The topological polar surface area (TPSA) is 47.3 Å². The van der Waals surface area contributed by atoms with Gasteiger partial charge in [-0.2, -0.15) is 0 Å². The quantitative estimate of drug-likeness (QED) is 0.847. The Hall–Kier alpha value is -2.00. The van der Waals surface area contributed by atoms with Crippen LogP contribution in [0.15, 0.2) is 54.6 Å². The van der Waals surface area contributed by atoms with Crippen molar-refractivity contribution < 1.29 is 4.74 Å². The van der Waals surface area contributed by atoms with Gasteiger partial charge in [0.2, 0.25) is 0 Å². The smallest absolute Gasteiger partial charge is 0.141 e. The van der Waals surface area contributed by atoms with Crippen molar-refractivity contribution >= 4 is 5.69 Å². The van der Waals surface area contributed by atoms with Gasteiger partial charge in [0.15, 0.2) is 0 Å². The fourth-order valence-corrected chi connectivity index (χ4v) is 1.83. The molecular weight excluding hydrogens is 224 g/mol. The number of para-hydroxylation sites is 2. The van der Waals surface area contributed by atoms with Crippen molar-refractivity contribution in [3.8, 4) is 5.75 Å². The van der Waals surface area contributed by atoms with Gasteiger partial charge in [0, 0.05) is 12.6 Å². The molecule has 0 aliphatic rings. The number of anilines is 1. The Bertz CT molecular complexity index is 485. The Morgan fingerprint density at radius 3 is 2.44 bits per heavy atom. The minimum atomic E-state index is -0.0314. The zero-order chi connectivity index (χ0) is 12.8. The predicted octanol–water partition coefficient (Wildman–Crippen LogP) is 2.81. The van der Waals surface area contributed by atoms with Crippen LogP contribution in [0, 0.1) is 0 Å². The second-order valence-electron chi connectivity index (χ2n) is 4.10. The minimum Gasteiger partial charge on any atom is -0.495 e. The van der Waals surface area contributed by atoms with E-state index in [-0.39, 0.29) is 6.04 Å². The SMILES string of the molecule is COc1ccccc1NC[C@@H](N)c1ccccc1. The van der Waals surface area contributed by atoms with Crippen LogP contribution in [-0.2, 0) is 0 Å². The van der Waals surface area contributed by atoms with Crippen LogP contribution in [0.25, 0.3) is 0 Å². The number of hydrogen-bond donors (Lipinski definition) is 2. The molecule has 3 N–H and O–H groups in total. The van der Waals surface area contributed by atoms with Crippen molar-refractivity contribution in [2.45, 2.75) is 6.04 Å². The molecule has 0 saturated carbocycles. The van der Waals surface area contributed by atoms with E-state index < -0.39 is 0 Å². The van der Waals surface area contributed by atoms with E-state index in [1.165, 1.54) is 0 Å². The molecular formula is C15H18N2O. The molecule has 0 unspecified atom stereocenters.